The Kier molecular flexibility index (Phi) is 189. The van der Waals surface area contributed by atoms with Crippen LogP contribution in [0.3, 0.4) is 0 Å². The molecule has 504 valence electrons. The summed E-state index contributed by atoms with van der Waals surface area (Å²) in [5.41, 5.74) is -2.10. The second kappa shape index (κ2) is 98.5. The molecule has 0 aliphatic carbocycles. The zero-order valence-corrected chi connectivity index (χ0v) is 81.1. The molecule has 28 nitrogen and oxygen atoms in total. The van der Waals surface area contributed by atoms with Crippen LogP contribution in [0.1, 0.15) is 95.8 Å². The van der Waals surface area contributed by atoms with Crippen LogP contribution in [-0.4, -0.2) is 95.6 Å². The van der Waals surface area contributed by atoms with Gasteiger partial charge in [0.15, 0.2) is 11.9 Å². The van der Waals surface area contributed by atoms with Gasteiger partial charge in [-0.15, -0.1) is 0 Å². The maximum absolute atomic E-state index is 11.1. The van der Waals surface area contributed by atoms with Crippen molar-refractivity contribution in [2.75, 3.05) is 28.3 Å². The molecular formula is C40H66N10O18Re16-8. The minimum absolute atomic E-state index is 0. The molecule has 0 spiro atoms. The Labute approximate surface area is 710 Å². The number of rotatable bonds is 16. The number of aromatic nitrogens is 4. The first kappa shape index (κ1) is 162. The van der Waals surface area contributed by atoms with E-state index in [9.17, 15) is 57.5 Å². The molecule has 6 amide bonds. The molecule has 0 aliphatic heterocycles. The monoisotopic (exact) mass is 3970 g/mol. The molecule has 0 fully saturated rings. The number of nitrogens with one attached hydrogen (secondary N) is 6. The molecule has 4 heterocycles. The minimum atomic E-state index is -0.750. The number of oxazole rings is 4. The largest absolute Gasteiger partial charge is 0.516 e. The van der Waals surface area contributed by atoms with E-state index in [1.54, 1.807) is 0 Å². The molecule has 0 atom stereocenters. The van der Waals surface area contributed by atoms with Crippen molar-refractivity contribution in [1.29, 1.82) is 0 Å². The first-order chi connectivity index (χ1) is 28.5. The summed E-state index contributed by atoms with van der Waals surface area (Å²) < 4.78 is 27.0. The Hall–Kier alpha value is 1.88. The standard InChI is InChI=1S/C9H14N4O4.C9H12N2O6.2C7H4N2O4.8CH4.16Re/c1-10-8(16)4-12-6(14)3-7(15)13-5-9(17)11-2;1-16-8(14)4-10-6(12)3-7(13)11-5-9(15)17-2;2*10-6-2-8-4(12-6)1-5-9-3-7(11)13-5;;;;;;;;;;;;;;;;;;;;;;;;/h4-5H,3H2,1-2H3,(H,10,16)(H,11,17)(H,12,14)(H,13,15);4-5H,3H2,1-2H3,(H,10,12)(H,11,13);2*2-3H,1H2;8*1H4;;;;;;;;;;;;;;;;/q4*-2;;;;;;;;;;;;;;;;;;;;;;;;. The molecule has 6 N–H and O–H groups in total. The first-order valence-corrected chi connectivity index (χ1v) is 16.0. The predicted octanol–water partition coefficient (Wildman–Crippen LogP) is -0.425. The third kappa shape index (κ3) is 85.9. The van der Waals surface area contributed by atoms with Crippen molar-refractivity contribution in [1.82, 2.24) is 51.8 Å². The molecule has 16 radical (unpaired) electrons. The van der Waals surface area contributed by atoms with Gasteiger partial charge >= 0.3 is 0 Å². The van der Waals surface area contributed by atoms with E-state index < -0.39 is 82.7 Å². The predicted molar refractivity (Wildman–Crippen MR) is 244 cm³/mol. The van der Waals surface area contributed by atoms with Crippen LogP contribution in [-0.2, 0) is 387 Å². The third-order valence-electron chi connectivity index (χ3n) is 5.70. The number of carbonyl (C=O) groups is 8. The number of hydrogen-bond acceptors (Lipinski definition) is 22. The number of likely N-dealkylation sites (N-methyl/N-ethyl adjacent to an activating group) is 2. The second-order valence-electron chi connectivity index (χ2n) is 10.1. The van der Waals surface area contributed by atoms with Crippen molar-refractivity contribution in [3.8, 4) is 0 Å². The van der Waals surface area contributed by atoms with Crippen LogP contribution >= 0.6 is 0 Å². The average Bonchev–Trinajstić information content (AvgIpc) is 4.04. The molecule has 44 heteroatoms. The normalized spacial score (nSPS) is 6.71. The van der Waals surface area contributed by atoms with Crippen molar-refractivity contribution >= 4 is 47.4 Å². The molecular weight excluding hydrogens is 3890 g/mol. The molecule has 0 aliphatic rings. The summed E-state index contributed by atoms with van der Waals surface area (Å²) in [4.78, 5) is 144. The number of methoxy groups -OCH3 is 2. The van der Waals surface area contributed by atoms with Crippen molar-refractivity contribution in [3.63, 3.8) is 0 Å². The number of nitrogens with zero attached hydrogens (tertiary/aromatic N) is 4. The molecule has 4 aromatic heterocycles. The summed E-state index contributed by atoms with van der Waals surface area (Å²) in [7, 11) is 5.08. The molecule has 4 rings (SSSR count). The molecule has 0 saturated carbocycles. The zero-order chi connectivity index (χ0) is 45.0. The maximum atomic E-state index is 11.1. The number of carbonyl (C=O) groups excluding carboxylic acids is 8. The van der Waals surface area contributed by atoms with Gasteiger partial charge in [0.05, 0.1) is 14.2 Å². The summed E-state index contributed by atoms with van der Waals surface area (Å²) in [5.74, 6) is -4.48. The number of amides is 6. The fraction of sp³-hybridized carbons (Fsp3) is 0.400. The summed E-state index contributed by atoms with van der Waals surface area (Å²) in [6.07, 6.45) is 3.41. The van der Waals surface area contributed by atoms with Crippen LogP contribution in [0.2, 0.25) is 0 Å². The summed E-state index contributed by atoms with van der Waals surface area (Å²) in [6, 6.07) is 0. The summed E-state index contributed by atoms with van der Waals surface area (Å²) in [6.45, 7) is 3.36. The van der Waals surface area contributed by atoms with Crippen LogP contribution in [0.15, 0.2) is 61.6 Å². The Morgan fingerprint density at radius 1 is 0.369 bits per heavy atom. The molecule has 0 bridgehead atoms. The van der Waals surface area contributed by atoms with E-state index in [1.807, 2.05) is 10.6 Å². The van der Waals surface area contributed by atoms with E-state index >= 15 is 0 Å². The quantitative estimate of drug-likeness (QED) is 0.0471. The van der Waals surface area contributed by atoms with E-state index in [2.05, 4.69) is 68.3 Å². The van der Waals surface area contributed by atoms with Crippen LogP contribution < -0.4 is 54.4 Å². The molecule has 0 unspecified atom stereocenters. The Morgan fingerprint density at radius 3 is 0.690 bits per heavy atom. The van der Waals surface area contributed by atoms with Crippen molar-refractivity contribution in [3.05, 3.63) is 116 Å². The maximum Gasteiger partial charge on any atom is 0.254 e. The van der Waals surface area contributed by atoms with Gasteiger partial charge in [0.25, 0.3) is 22.5 Å². The number of ether oxygens (including phenoxy) is 2. The molecule has 4 aromatic rings. The van der Waals surface area contributed by atoms with Crippen LogP contribution in [0, 0.1) is 26.2 Å². The number of hydrogen-bond donors (Lipinski definition) is 6. The molecule has 84 heavy (non-hydrogen) atoms. The van der Waals surface area contributed by atoms with Gasteiger partial charge in [0, 0.05) is 364 Å². The fourth-order valence-corrected chi connectivity index (χ4v) is 3.09. The van der Waals surface area contributed by atoms with Gasteiger partial charge in [-0.25, -0.2) is 13.1 Å². The molecule has 0 saturated heterocycles. The van der Waals surface area contributed by atoms with Crippen LogP contribution in [0.4, 0.5) is 0 Å². The van der Waals surface area contributed by atoms with Gasteiger partial charge in [-0.1, -0.05) is 59.4 Å². The van der Waals surface area contributed by atoms with Crippen molar-refractivity contribution in [2.24, 2.45) is 0 Å². The van der Waals surface area contributed by atoms with Crippen molar-refractivity contribution in [2.45, 2.75) is 85.1 Å². The van der Waals surface area contributed by atoms with E-state index in [4.69, 9.17) is 0 Å². The SMILES string of the molecule is C.C.C.C.C.C.C.C.CNC(=O)[CH-]NC(=O)CC(=O)N[CH-]C(=O)NC.COC(=O)[CH-]NC(=O)CC(=O)N[CH-]C(=O)OC.O=c1[cH-]nc(Cc2n[cH-]c(=O)o2)o1.O=c1[cH-]nc(Cc2n[cH-]c(=O)o2)o1.[Re].[Re].[Re].[Re].[Re].[Re].[Re].[Re].[Re].[Re].[Re].[Re].[Re].[Re].[Re].[Re]. The van der Waals surface area contributed by atoms with E-state index in [0.29, 0.717) is 0 Å². The topological polar surface area (TPSA) is 400 Å². The zero-order valence-electron chi connectivity index (χ0n) is 37.6. The van der Waals surface area contributed by atoms with Gasteiger partial charge in [0.2, 0.25) is 23.6 Å². The van der Waals surface area contributed by atoms with Crippen LogP contribution in [0.25, 0.3) is 0 Å². The smallest absolute Gasteiger partial charge is 0.254 e. The Morgan fingerprint density at radius 2 is 0.548 bits per heavy atom. The Bertz CT molecular complexity index is 2010. The van der Waals surface area contributed by atoms with Gasteiger partial charge in [-0.2, -0.15) is 13.1 Å². The minimum Gasteiger partial charge on any atom is -0.516 e. The second-order valence-corrected chi connectivity index (χ2v) is 10.1. The summed E-state index contributed by atoms with van der Waals surface area (Å²) in [5, 5.41) is 12.8. The van der Waals surface area contributed by atoms with E-state index in [0.717, 1.165) is 65.2 Å². The van der Waals surface area contributed by atoms with E-state index in [-0.39, 0.29) is 423 Å². The van der Waals surface area contributed by atoms with Gasteiger partial charge in [-0.3, -0.25) is 47.9 Å². The number of esters is 2. The Balaban J connectivity index is -0.0000000238. The van der Waals surface area contributed by atoms with Crippen LogP contribution in [0.5, 0.6) is 0 Å². The van der Waals surface area contributed by atoms with E-state index in [1.165, 1.54) is 14.1 Å². The average molecular weight is 3950 g/mol. The molecule has 0 aromatic carbocycles. The first-order valence-electron chi connectivity index (χ1n) is 16.0. The van der Waals surface area contributed by atoms with Gasteiger partial charge in [-0.05, 0) is 37.6 Å². The third-order valence-corrected chi connectivity index (χ3v) is 5.70. The van der Waals surface area contributed by atoms with Crippen molar-refractivity contribution < 1.29 is 392 Å². The van der Waals surface area contributed by atoms with Gasteiger partial charge in [0.1, 0.15) is 24.7 Å². The van der Waals surface area contributed by atoms with Gasteiger partial charge < -0.3 is 88.6 Å². The summed E-state index contributed by atoms with van der Waals surface area (Å²) >= 11 is 0. The fourth-order valence-electron chi connectivity index (χ4n) is 3.09.